The Hall–Kier alpha value is -0.0800. The summed E-state index contributed by atoms with van der Waals surface area (Å²) in [5.41, 5.74) is 0. The van der Waals surface area contributed by atoms with Gasteiger partial charge in [0.2, 0.25) is 0 Å². The van der Waals surface area contributed by atoms with E-state index >= 15 is 0 Å². The standard InChI is InChI=1S/C15H34N2/c1-6-9-11-17(12-10-7-2)15(5)14(4)13-16-8-3/h14-16H,6-13H2,1-5H3. The minimum absolute atomic E-state index is 0.701. The minimum atomic E-state index is 0.701. The monoisotopic (exact) mass is 242 g/mol. The fraction of sp³-hybridized carbons (Fsp3) is 1.00. The molecule has 0 fully saturated rings. The Morgan fingerprint density at radius 3 is 1.88 bits per heavy atom. The van der Waals surface area contributed by atoms with Crippen LogP contribution in [0.4, 0.5) is 0 Å². The zero-order valence-electron chi connectivity index (χ0n) is 12.8. The Balaban J connectivity index is 4.12. The van der Waals surface area contributed by atoms with Gasteiger partial charge in [-0.05, 0) is 51.9 Å². The van der Waals surface area contributed by atoms with Crippen LogP contribution >= 0.6 is 0 Å². The largest absolute Gasteiger partial charge is 0.317 e. The highest BCUT2D eigenvalue weighted by Gasteiger charge is 2.18. The van der Waals surface area contributed by atoms with Crippen LogP contribution in [0.2, 0.25) is 0 Å². The molecule has 0 aromatic carbocycles. The summed E-state index contributed by atoms with van der Waals surface area (Å²) in [4.78, 5) is 2.69. The zero-order chi connectivity index (χ0) is 13.1. The molecule has 1 N–H and O–H groups in total. The molecule has 0 aliphatic carbocycles. The van der Waals surface area contributed by atoms with Gasteiger partial charge in [-0.1, -0.05) is 40.5 Å². The van der Waals surface area contributed by atoms with Gasteiger partial charge in [0.1, 0.15) is 0 Å². The van der Waals surface area contributed by atoms with E-state index in [1.165, 1.54) is 38.8 Å². The molecular weight excluding hydrogens is 208 g/mol. The number of hydrogen-bond donors (Lipinski definition) is 1. The third kappa shape index (κ3) is 7.77. The van der Waals surface area contributed by atoms with E-state index in [0.717, 1.165) is 19.0 Å². The van der Waals surface area contributed by atoms with Crippen molar-refractivity contribution in [2.75, 3.05) is 26.2 Å². The molecule has 0 saturated heterocycles. The smallest absolute Gasteiger partial charge is 0.0105 e. The van der Waals surface area contributed by atoms with Crippen molar-refractivity contribution < 1.29 is 0 Å². The second-order valence-corrected chi connectivity index (χ2v) is 5.27. The van der Waals surface area contributed by atoms with Gasteiger partial charge < -0.3 is 10.2 Å². The Morgan fingerprint density at radius 2 is 1.47 bits per heavy atom. The van der Waals surface area contributed by atoms with Crippen molar-refractivity contribution in [1.29, 1.82) is 0 Å². The average molecular weight is 242 g/mol. The van der Waals surface area contributed by atoms with E-state index in [0.29, 0.717) is 6.04 Å². The summed E-state index contributed by atoms with van der Waals surface area (Å²) in [5.74, 6) is 0.740. The van der Waals surface area contributed by atoms with Gasteiger partial charge in [0.05, 0.1) is 0 Å². The molecule has 2 unspecified atom stereocenters. The van der Waals surface area contributed by atoms with Crippen LogP contribution in [0.3, 0.4) is 0 Å². The Kier molecular flexibility index (Phi) is 11.0. The third-order valence-corrected chi connectivity index (χ3v) is 3.71. The highest BCUT2D eigenvalue weighted by Crippen LogP contribution is 2.12. The maximum absolute atomic E-state index is 3.47. The molecule has 17 heavy (non-hydrogen) atoms. The molecule has 0 heterocycles. The third-order valence-electron chi connectivity index (χ3n) is 3.71. The van der Waals surface area contributed by atoms with Crippen molar-refractivity contribution in [1.82, 2.24) is 10.2 Å². The van der Waals surface area contributed by atoms with Crippen molar-refractivity contribution in [2.24, 2.45) is 5.92 Å². The fourth-order valence-corrected chi connectivity index (χ4v) is 2.14. The van der Waals surface area contributed by atoms with E-state index in [9.17, 15) is 0 Å². The van der Waals surface area contributed by atoms with E-state index in [1.807, 2.05) is 0 Å². The Bertz CT molecular complexity index is 151. The topological polar surface area (TPSA) is 15.3 Å². The predicted octanol–water partition coefficient (Wildman–Crippen LogP) is 3.52. The first-order chi connectivity index (χ1) is 8.17. The van der Waals surface area contributed by atoms with Gasteiger partial charge in [0.25, 0.3) is 0 Å². The van der Waals surface area contributed by atoms with Gasteiger partial charge >= 0.3 is 0 Å². The summed E-state index contributed by atoms with van der Waals surface area (Å²) < 4.78 is 0. The van der Waals surface area contributed by atoms with E-state index < -0.39 is 0 Å². The molecule has 2 heteroatoms. The highest BCUT2D eigenvalue weighted by molar-refractivity contribution is 4.74. The molecule has 0 rings (SSSR count). The maximum Gasteiger partial charge on any atom is 0.0105 e. The SMILES string of the molecule is CCCCN(CCCC)C(C)C(C)CNCC. The lowest BCUT2D eigenvalue weighted by molar-refractivity contribution is 0.155. The van der Waals surface area contributed by atoms with Gasteiger partial charge in [0.15, 0.2) is 0 Å². The fourth-order valence-electron chi connectivity index (χ4n) is 2.14. The van der Waals surface area contributed by atoms with Gasteiger partial charge in [-0.2, -0.15) is 0 Å². The van der Waals surface area contributed by atoms with Crippen LogP contribution < -0.4 is 5.32 Å². The van der Waals surface area contributed by atoms with Crippen LogP contribution in [-0.4, -0.2) is 37.1 Å². The molecule has 2 atom stereocenters. The molecule has 0 aliphatic heterocycles. The van der Waals surface area contributed by atoms with Crippen LogP contribution in [0.5, 0.6) is 0 Å². The highest BCUT2D eigenvalue weighted by atomic mass is 15.2. The summed E-state index contributed by atoms with van der Waals surface area (Å²) in [7, 11) is 0. The number of unbranched alkanes of at least 4 members (excludes halogenated alkanes) is 2. The molecule has 0 aliphatic rings. The van der Waals surface area contributed by atoms with E-state index in [1.54, 1.807) is 0 Å². The van der Waals surface area contributed by atoms with Gasteiger partial charge in [-0.15, -0.1) is 0 Å². The van der Waals surface area contributed by atoms with Crippen molar-refractivity contribution in [3.05, 3.63) is 0 Å². The Morgan fingerprint density at radius 1 is 0.941 bits per heavy atom. The van der Waals surface area contributed by atoms with Crippen LogP contribution in [-0.2, 0) is 0 Å². The van der Waals surface area contributed by atoms with Crippen molar-refractivity contribution >= 4 is 0 Å². The second kappa shape index (κ2) is 11.0. The lowest BCUT2D eigenvalue weighted by Gasteiger charge is -2.33. The Labute approximate surface area is 109 Å². The molecule has 0 radical (unpaired) electrons. The summed E-state index contributed by atoms with van der Waals surface area (Å²) in [6, 6.07) is 0.701. The summed E-state index contributed by atoms with van der Waals surface area (Å²) in [6.07, 6.45) is 5.28. The van der Waals surface area contributed by atoms with Crippen molar-refractivity contribution in [2.45, 2.75) is 66.3 Å². The second-order valence-electron chi connectivity index (χ2n) is 5.27. The van der Waals surface area contributed by atoms with Gasteiger partial charge in [0, 0.05) is 6.04 Å². The first-order valence-corrected chi connectivity index (χ1v) is 7.62. The minimum Gasteiger partial charge on any atom is -0.317 e. The first-order valence-electron chi connectivity index (χ1n) is 7.62. The summed E-state index contributed by atoms with van der Waals surface area (Å²) in [6.45, 7) is 16.3. The van der Waals surface area contributed by atoms with E-state index in [-0.39, 0.29) is 0 Å². The molecule has 0 saturated carbocycles. The van der Waals surface area contributed by atoms with Crippen LogP contribution in [0, 0.1) is 5.92 Å². The molecule has 104 valence electrons. The van der Waals surface area contributed by atoms with E-state index in [4.69, 9.17) is 0 Å². The first kappa shape index (κ1) is 16.9. The lowest BCUT2D eigenvalue weighted by atomic mass is 10.0. The number of hydrogen-bond acceptors (Lipinski definition) is 2. The predicted molar refractivity (Wildman–Crippen MR) is 78.6 cm³/mol. The van der Waals surface area contributed by atoms with Gasteiger partial charge in [-0.3, -0.25) is 0 Å². The van der Waals surface area contributed by atoms with Crippen molar-refractivity contribution in [3.63, 3.8) is 0 Å². The zero-order valence-corrected chi connectivity index (χ0v) is 12.8. The van der Waals surface area contributed by atoms with Crippen LogP contribution in [0.1, 0.15) is 60.3 Å². The number of nitrogens with zero attached hydrogens (tertiary/aromatic N) is 1. The molecule has 0 bridgehead atoms. The normalized spacial score (nSPS) is 15.2. The van der Waals surface area contributed by atoms with Crippen LogP contribution in [0.15, 0.2) is 0 Å². The summed E-state index contributed by atoms with van der Waals surface area (Å²) >= 11 is 0. The molecule has 0 aromatic rings. The molecule has 2 nitrogen and oxygen atoms in total. The maximum atomic E-state index is 3.47. The summed E-state index contributed by atoms with van der Waals surface area (Å²) in [5, 5.41) is 3.47. The molecule has 0 amide bonds. The van der Waals surface area contributed by atoms with Crippen molar-refractivity contribution in [3.8, 4) is 0 Å². The molecule has 0 spiro atoms. The molecule has 0 aromatic heterocycles. The van der Waals surface area contributed by atoms with E-state index in [2.05, 4.69) is 44.8 Å². The van der Waals surface area contributed by atoms with Crippen LogP contribution in [0.25, 0.3) is 0 Å². The molecular formula is C15H34N2. The lowest BCUT2D eigenvalue weighted by Crippen LogP contribution is -2.42. The quantitative estimate of drug-likeness (QED) is 0.596. The number of nitrogens with one attached hydrogen (secondary N) is 1. The van der Waals surface area contributed by atoms with Gasteiger partial charge in [-0.25, -0.2) is 0 Å². The average Bonchev–Trinajstić information content (AvgIpc) is 2.35. The number of rotatable bonds is 11.